The van der Waals surface area contributed by atoms with Gasteiger partial charge in [-0.1, -0.05) is 58.0 Å². The number of aromatic nitrogens is 2. The molecule has 1 aromatic carbocycles. The van der Waals surface area contributed by atoms with E-state index in [1.807, 2.05) is 42.8 Å². The van der Waals surface area contributed by atoms with Crippen LogP contribution in [-0.2, 0) is 16.8 Å². The second-order valence-corrected chi connectivity index (χ2v) is 7.45. The van der Waals surface area contributed by atoms with Gasteiger partial charge in [0.05, 0.1) is 18.2 Å². The topological polar surface area (TPSA) is 72.9 Å². The van der Waals surface area contributed by atoms with Crippen molar-refractivity contribution in [2.24, 2.45) is 11.7 Å². The van der Waals surface area contributed by atoms with Crippen molar-refractivity contribution in [1.29, 1.82) is 0 Å². The largest absolute Gasteiger partial charge is 0.327 e. The van der Waals surface area contributed by atoms with E-state index in [2.05, 4.69) is 38.2 Å². The molecule has 130 valence electrons. The molecule has 0 saturated carbocycles. The minimum Gasteiger partial charge on any atom is -0.327 e. The lowest BCUT2D eigenvalue weighted by molar-refractivity contribution is -0.119. The van der Waals surface area contributed by atoms with E-state index in [-0.39, 0.29) is 23.3 Å². The summed E-state index contributed by atoms with van der Waals surface area (Å²) in [7, 11) is 0. The van der Waals surface area contributed by atoms with Gasteiger partial charge in [-0.15, -0.1) is 0 Å². The van der Waals surface area contributed by atoms with E-state index in [1.165, 1.54) is 0 Å². The maximum Gasteiger partial charge on any atom is 0.229 e. The molecule has 0 aliphatic heterocycles. The molecule has 2 atom stereocenters. The Morgan fingerprint density at radius 1 is 1.25 bits per heavy atom. The Kier molecular flexibility index (Phi) is 5.44. The van der Waals surface area contributed by atoms with Crippen molar-refractivity contribution in [2.75, 3.05) is 5.32 Å². The molecular formula is C19H28N4O. The number of carbonyl (C=O) groups excluding carboxylic acids is 1. The number of benzene rings is 1. The molecule has 3 N–H and O–H groups in total. The van der Waals surface area contributed by atoms with E-state index >= 15 is 0 Å². The minimum atomic E-state index is -0.261. The second kappa shape index (κ2) is 7.18. The molecule has 1 heterocycles. The Morgan fingerprint density at radius 2 is 1.88 bits per heavy atom. The number of hydrogen-bond acceptors (Lipinski definition) is 3. The first kappa shape index (κ1) is 18.2. The van der Waals surface area contributed by atoms with Crippen molar-refractivity contribution in [3.63, 3.8) is 0 Å². The fourth-order valence-electron chi connectivity index (χ4n) is 2.24. The zero-order valence-corrected chi connectivity index (χ0v) is 15.2. The number of nitrogens with one attached hydrogen (secondary N) is 1. The van der Waals surface area contributed by atoms with E-state index in [4.69, 9.17) is 10.8 Å². The Balaban J connectivity index is 2.31. The lowest BCUT2D eigenvalue weighted by Crippen LogP contribution is -2.34. The van der Waals surface area contributed by atoms with Crippen LogP contribution in [0.3, 0.4) is 0 Å². The summed E-state index contributed by atoms with van der Waals surface area (Å²) in [4.78, 5) is 12.4. The summed E-state index contributed by atoms with van der Waals surface area (Å²) >= 11 is 0. The van der Waals surface area contributed by atoms with Gasteiger partial charge in [0.25, 0.3) is 0 Å². The normalized spacial score (nSPS) is 14.2. The molecular weight excluding hydrogens is 300 g/mol. The van der Waals surface area contributed by atoms with E-state index in [0.29, 0.717) is 12.4 Å². The van der Waals surface area contributed by atoms with Crippen molar-refractivity contribution in [2.45, 2.75) is 52.6 Å². The van der Waals surface area contributed by atoms with Crippen LogP contribution in [0.25, 0.3) is 0 Å². The third-order valence-corrected chi connectivity index (χ3v) is 4.18. The van der Waals surface area contributed by atoms with Crippen LogP contribution in [-0.4, -0.2) is 21.7 Å². The number of hydrogen-bond donors (Lipinski definition) is 2. The van der Waals surface area contributed by atoms with Gasteiger partial charge in [-0.05, 0) is 12.5 Å². The van der Waals surface area contributed by atoms with Crippen molar-refractivity contribution in [3.8, 4) is 0 Å². The molecule has 0 aliphatic carbocycles. The van der Waals surface area contributed by atoms with Crippen molar-refractivity contribution in [1.82, 2.24) is 9.78 Å². The predicted molar refractivity (Wildman–Crippen MR) is 97.9 cm³/mol. The predicted octanol–water partition coefficient (Wildman–Crippen LogP) is 3.15. The molecule has 5 nitrogen and oxygen atoms in total. The van der Waals surface area contributed by atoms with Gasteiger partial charge in [-0.3, -0.25) is 4.79 Å². The Morgan fingerprint density at radius 3 is 2.42 bits per heavy atom. The highest BCUT2D eigenvalue weighted by molar-refractivity contribution is 5.92. The quantitative estimate of drug-likeness (QED) is 0.885. The zero-order chi connectivity index (χ0) is 17.9. The van der Waals surface area contributed by atoms with Gasteiger partial charge in [-0.25, -0.2) is 4.68 Å². The number of nitrogens with zero attached hydrogens (tertiary/aromatic N) is 2. The summed E-state index contributed by atoms with van der Waals surface area (Å²) in [6.07, 6.45) is 0. The Labute approximate surface area is 144 Å². The number of rotatable bonds is 5. The van der Waals surface area contributed by atoms with Crippen LogP contribution in [0.1, 0.15) is 45.9 Å². The molecule has 0 bridgehead atoms. The monoisotopic (exact) mass is 328 g/mol. The SMILES string of the molecule is CC(N)C(C)C(=O)Nc1cc(C(C)(C)C)nn1Cc1ccccc1. The highest BCUT2D eigenvalue weighted by Crippen LogP contribution is 2.25. The number of carbonyl (C=O) groups is 1. The summed E-state index contributed by atoms with van der Waals surface area (Å²) in [5.74, 6) is 0.365. The van der Waals surface area contributed by atoms with Gasteiger partial charge in [0.1, 0.15) is 5.82 Å². The van der Waals surface area contributed by atoms with Crippen LogP contribution in [0, 0.1) is 5.92 Å². The van der Waals surface area contributed by atoms with Crippen LogP contribution in [0.5, 0.6) is 0 Å². The molecule has 0 saturated heterocycles. The average molecular weight is 328 g/mol. The lowest BCUT2D eigenvalue weighted by Gasteiger charge is -2.16. The fourth-order valence-corrected chi connectivity index (χ4v) is 2.24. The van der Waals surface area contributed by atoms with Crippen LogP contribution in [0.2, 0.25) is 0 Å². The van der Waals surface area contributed by atoms with Gasteiger partial charge in [0, 0.05) is 17.5 Å². The lowest BCUT2D eigenvalue weighted by atomic mass is 9.92. The molecule has 0 radical (unpaired) electrons. The summed E-state index contributed by atoms with van der Waals surface area (Å²) in [6.45, 7) is 10.6. The molecule has 24 heavy (non-hydrogen) atoms. The van der Waals surface area contributed by atoms with Gasteiger partial charge in [0.15, 0.2) is 0 Å². The Bertz CT molecular complexity index is 683. The Hall–Kier alpha value is -2.14. The van der Waals surface area contributed by atoms with Crippen molar-refractivity contribution >= 4 is 11.7 Å². The second-order valence-electron chi connectivity index (χ2n) is 7.45. The summed E-state index contributed by atoms with van der Waals surface area (Å²) in [5, 5.41) is 7.69. The van der Waals surface area contributed by atoms with Gasteiger partial charge in [-0.2, -0.15) is 5.10 Å². The molecule has 2 unspecified atom stereocenters. The van der Waals surface area contributed by atoms with Crippen LogP contribution < -0.4 is 11.1 Å². The zero-order valence-electron chi connectivity index (χ0n) is 15.2. The van der Waals surface area contributed by atoms with Crippen LogP contribution >= 0.6 is 0 Å². The smallest absolute Gasteiger partial charge is 0.229 e. The molecule has 0 spiro atoms. The third kappa shape index (κ3) is 4.45. The van der Waals surface area contributed by atoms with E-state index in [1.54, 1.807) is 0 Å². The number of anilines is 1. The highest BCUT2D eigenvalue weighted by Gasteiger charge is 2.23. The van der Waals surface area contributed by atoms with Gasteiger partial charge >= 0.3 is 0 Å². The number of amides is 1. The van der Waals surface area contributed by atoms with E-state index in [0.717, 1.165) is 11.3 Å². The highest BCUT2D eigenvalue weighted by atomic mass is 16.2. The van der Waals surface area contributed by atoms with Gasteiger partial charge in [0.2, 0.25) is 5.91 Å². The van der Waals surface area contributed by atoms with Crippen LogP contribution in [0.15, 0.2) is 36.4 Å². The number of nitrogens with two attached hydrogens (primary N) is 1. The molecule has 0 aliphatic rings. The third-order valence-electron chi connectivity index (χ3n) is 4.18. The van der Waals surface area contributed by atoms with E-state index < -0.39 is 0 Å². The van der Waals surface area contributed by atoms with Crippen LogP contribution in [0.4, 0.5) is 5.82 Å². The maximum atomic E-state index is 12.4. The first-order valence-electron chi connectivity index (χ1n) is 8.37. The fraction of sp³-hybridized carbons (Fsp3) is 0.474. The molecule has 0 fully saturated rings. The first-order valence-corrected chi connectivity index (χ1v) is 8.37. The summed E-state index contributed by atoms with van der Waals surface area (Å²) in [5.41, 5.74) is 7.84. The minimum absolute atomic E-state index is 0.0836. The molecule has 1 amide bonds. The van der Waals surface area contributed by atoms with E-state index in [9.17, 15) is 4.79 Å². The molecule has 2 aromatic rings. The standard InChI is InChI=1S/C19H28N4O/c1-13(14(2)20)18(24)21-17-11-16(19(3,4)5)22-23(17)12-15-9-7-6-8-10-15/h6-11,13-14H,12,20H2,1-5H3,(H,21,24). The molecule has 5 heteroatoms. The first-order chi connectivity index (χ1) is 11.2. The molecule has 1 aromatic heterocycles. The van der Waals surface area contributed by atoms with Crippen molar-refractivity contribution in [3.05, 3.63) is 47.7 Å². The van der Waals surface area contributed by atoms with Gasteiger partial charge < -0.3 is 11.1 Å². The summed E-state index contributed by atoms with van der Waals surface area (Å²) in [6, 6.07) is 11.8. The van der Waals surface area contributed by atoms with Crippen molar-refractivity contribution < 1.29 is 4.79 Å². The summed E-state index contributed by atoms with van der Waals surface area (Å²) < 4.78 is 1.85. The maximum absolute atomic E-state index is 12.4. The molecule has 2 rings (SSSR count). The average Bonchev–Trinajstić information content (AvgIpc) is 2.90.